The zero-order chi connectivity index (χ0) is 16.0. The number of nitrogens with one attached hydrogen (secondary N) is 2. The molecule has 0 aliphatic heterocycles. The topological polar surface area (TPSA) is 37.0 Å². The van der Waals surface area contributed by atoms with Crippen molar-refractivity contribution < 1.29 is 0 Å². The molecular weight excluding hydrogens is 305 g/mol. The number of aromatic nitrogens is 1. The number of pyridine rings is 1. The average Bonchev–Trinajstić information content (AvgIpc) is 2.39. The molecule has 120 valence electrons. The molecule has 0 amide bonds. The van der Waals surface area contributed by atoms with Gasteiger partial charge in [0, 0.05) is 13.1 Å². The molecule has 3 nitrogen and oxygen atoms in total. The van der Waals surface area contributed by atoms with Crippen LogP contribution in [0.15, 0.2) is 6.07 Å². The molecule has 21 heavy (non-hydrogen) atoms. The standard InChI is InChI=1S/C16H27Cl2N3/c1-6-7-19-15-13(17)8-14(18)16(21-15)20-9-12(10(2)3)11(4)5/h8,10-12H,6-7,9H2,1-5H3,(H2,19,20,21). The van der Waals surface area contributed by atoms with Crippen LogP contribution >= 0.6 is 23.2 Å². The summed E-state index contributed by atoms with van der Waals surface area (Å²) in [5.74, 6) is 3.19. The van der Waals surface area contributed by atoms with E-state index in [0.717, 1.165) is 19.5 Å². The van der Waals surface area contributed by atoms with E-state index in [-0.39, 0.29) is 0 Å². The van der Waals surface area contributed by atoms with E-state index in [1.165, 1.54) is 0 Å². The maximum Gasteiger partial charge on any atom is 0.147 e. The van der Waals surface area contributed by atoms with Crippen molar-refractivity contribution in [1.82, 2.24) is 4.98 Å². The predicted molar refractivity (Wildman–Crippen MR) is 94.7 cm³/mol. The van der Waals surface area contributed by atoms with E-state index in [0.29, 0.717) is 39.4 Å². The second-order valence-electron chi connectivity index (χ2n) is 6.11. The van der Waals surface area contributed by atoms with Gasteiger partial charge in [-0.05, 0) is 30.2 Å². The highest BCUT2D eigenvalue weighted by atomic mass is 35.5. The number of hydrogen-bond acceptors (Lipinski definition) is 3. The lowest BCUT2D eigenvalue weighted by atomic mass is 9.85. The van der Waals surface area contributed by atoms with Crippen molar-refractivity contribution in [3.05, 3.63) is 16.1 Å². The highest BCUT2D eigenvalue weighted by Crippen LogP contribution is 2.30. The minimum atomic E-state index is 0.559. The fraction of sp³-hybridized carbons (Fsp3) is 0.688. The third-order valence-corrected chi connectivity index (χ3v) is 4.27. The monoisotopic (exact) mass is 331 g/mol. The van der Waals surface area contributed by atoms with Gasteiger partial charge >= 0.3 is 0 Å². The van der Waals surface area contributed by atoms with Crippen LogP contribution in [-0.4, -0.2) is 18.1 Å². The summed E-state index contributed by atoms with van der Waals surface area (Å²) in [6, 6.07) is 1.75. The number of rotatable bonds is 8. The normalized spacial score (nSPS) is 11.5. The van der Waals surface area contributed by atoms with Gasteiger partial charge in [-0.2, -0.15) is 0 Å². The zero-order valence-corrected chi connectivity index (χ0v) is 15.1. The van der Waals surface area contributed by atoms with E-state index >= 15 is 0 Å². The average molecular weight is 332 g/mol. The van der Waals surface area contributed by atoms with Gasteiger partial charge in [0.1, 0.15) is 11.6 Å². The zero-order valence-electron chi connectivity index (χ0n) is 13.6. The van der Waals surface area contributed by atoms with Crippen LogP contribution in [0.3, 0.4) is 0 Å². The molecule has 1 aromatic rings. The summed E-state index contributed by atoms with van der Waals surface area (Å²) in [7, 11) is 0. The molecule has 0 saturated heterocycles. The number of halogens is 2. The van der Waals surface area contributed by atoms with Gasteiger partial charge in [-0.25, -0.2) is 4.98 Å². The second kappa shape index (κ2) is 8.70. The van der Waals surface area contributed by atoms with Gasteiger partial charge in [-0.15, -0.1) is 0 Å². The summed E-state index contributed by atoms with van der Waals surface area (Å²) in [6.45, 7) is 12.8. The van der Waals surface area contributed by atoms with E-state index < -0.39 is 0 Å². The molecule has 1 aromatic heterocycles. The van der Waals surface area contributed by atoms with Crippen molar-refractivity contribution in [3.63, 3.8) is 0 Å². The smallest absolute Gasteiger partial charge is 0.147 e. The summed E-state index contributed by atoms with van der Waals surface area (Å²) < 4.78 is 0. The van der Waals surface area contributed by atoms with E-state index in [9.17, 15) is 0 Å². The van der Waals surface area contributed by atoms with Gasteiger partial charge in [0.05, 0.1) is 10.0 Å². The lowest BCUT2D eigenvalue weighted by Gasteiger charge is -2.25. The van der Waals surface area contributed by atoms with Gasteiger partial charge in [0.2, 0.25) is 0 Å². The first-order valence-electron chi connectivity index (χ1n) is 7.70. The van der Waals surface area contributed by atoms with Crippen LogP contribution < -0.4 is 10.6 Å². The Morgan fingerprint density at radius 2 is 1.52 bits per heavy atom. The Kier molecular flexibility index (Phi) is 7.61. The van der Waals surface area contributed by atoms with Gasteiger partial charge in [0.15, 0.2) is 0 Å². The Morgan fingerprint density at radius 1 is 1.00 bits per heavy atom. The SMILES string of the molecule is CCCNc1nc(NCC(C(C)C)C(C)C)c(Cl)cc1Cl. The molecular formula is C16H27Cl2N3. The van der Waals surface area contributed by atoms with Crippen molar-refractivity contribution in [1.29, 1.82) is 0 Å². The van der Waals surface area contributed by atoms with Gasteiger partial charge in [-0.3, -0.25) is 0 Å². The molecule has 0 saturated carbocycles. The molecule has 0 fully saturated rings. The quantitative estimate of drug-likeness (QED) is 0.655. The number of nitrogens with zero attached hydrogens (tertiary/aromatic N) is 1. The first kappa shape index (κ1) is 18.4. The first-order valence-corrected chi connectivity index (χ1v) is 8.46. The molecule has 0 unspecified atom stereocenters. The van der Waals surface area contributed by atoms with Crippen LogP contribution in [0, 0.1) is 17.8 Å². The van der Waals surface area contributed by atoms with Crippen molar-refractivity contribution in [2.24, 2.45) is 17.8 Å². The highest BCUT2D eigenvalue weighted by molar-refractivity contribution is 6.37. The van der Waals surface area contributed by atoms with Crippen molar-refractivity contribution >= 4 is 34.8 Å². The van der Waals surface area contributed by atoms with Crippen LogP contribution in [0.5, 0.6) is 0 Å². The Labute approximate surface area is 138 Å². The molecule has 0 aliphatic rings. The minimum absolute atomic E-state index is 0.559. The van der Waals surface area contributed by atoms with E-state index in [1.54, 1.807) is 6.07 Å². The largest absolute Gasteiger partial charge is 0.369 e. The molecule has 1 rings (SSSR count). The van der Waals surface area contributed by atoms with E-state index in [2.05, 4.69) is 50.2 Å². The van der Waals surface area contributed by atoms with Crippen LogP contribution in [0.25, 0.3) is 0 Å². The summed E-state index contributed by atoms with van der Waals surface area (Å²) in [5.41, 5.74) is 0. The summed E-state index contributed by atoms with van der Waals surface area (Å²) >= 11 is 12.4. The molecule has 1 heterocycles. The lowest BCUT2D eigenvalue weighted by Crippen LogP contribution is -2.25. The Balaban J connectivity index is 2.82. The molecule has 0 aromatic carbocycles. The maximum atomic E-state index is 6.24. The minimum Gasteiger partial charge on any atom is -0.369 e. The fourth-order valence-electron chi connectivity index (χ4n) is 2.41. The molecule has 0 aliphatic carbocycles. The molecule has 2 N–H and O–H groups in total. The predicted octanol–water partition coefficient (Wildman–Crippen LogP) is 5.55. The van der Waals surface area contributed by atoms with Crippen molar-refractivity contribution in [2.45, 2.75) is 41.0 Å². The highest BCUT2D eigenvalue weighted by Gasteiger charge is 2.18. The van der Waals surface area contributed by atoms with E-state index in [4.69, 9.17) is 23.2 Å². The molecule has 0 spiro atoms. The Morgan fingerprint density at radius 3 is 2.00 bits per heavy atom. The number of anilines is 2. The second-order valence-corrected chi connectivity index (χ2v) is 6.92. The molecule has 0 bridgehead atoms. The van der Waals surface area contributed by atoms with Crippen molar-refractivity contribution in [2.75, 3.05) is 23.7 Å². The van der Waals surface area contributed by atoms with Crippen LogP contribution in [0.4, 0.5) is 11.6 Å². The molecule has 0 radical (unpaired) electrons. The summed E-state index contributed by atoms with van der Waals surface area (Å²) in [4.78, 5) is 4.51. The number of hydrogen-bond donors (Lipinski definition) is 2. The van der Waals surface area contributed by atoms with Crippen LogP contribution in [0.2, 0.25) is 10.0 Å². The van der Waals surface area contributed by atoms with Gasteiger partial charge in [-0.1, -0.05) is 57.8 Å². The Hall–Kier alpha value is -0.670. The molecule has 0 atom stereocenters. The lowest BCUT2D eigenvalue weighted by molar-refractivity contribution is 0.304. The fourth-order valence-corrected chi connectivity index (χ4v) is 2.91. The first-order chi connectivity index (χ1) is 9.86. The van der Waals surface area contributed by atoms with Gasteiger partial charge in [0.25, 0.3) is 0 Å². The molecule has 5 heteroatoms. The van der Waals surface area contributed by atoms with Gasteiger partial charge < -0.3 is 10.6 Å². The summed E-state index contributed by atoms with van der Waals surface area (Å²) in [5, 5.41) is 7.72. The van der Waals surface area contributed by atoms with Crippen LogP contribution in [-0.2, 0) is 0 Å². The third-order valence-electron chi connectivity index (χ3n) is 3.69. The van der Waals surface area contributed by atoms with Crippen LogP contribution in [0.1, 0.15) is 41.0 Å². The maximum absolute atomic E-state index is 6.24. The van der Waals surface area contributed by atoms with E-state index in [1.807, 2.05) is 0 Å². The van der Waals surface area contributed by atoms with Crippen molar-refractivity contribution in [3.8, 4) is 0 Å². The summed E-state index contributed by atoms with van der Waals surface area (Å²) in [6.07, 6.45) is 1.02. The third kappa shape index (κ3) is 5.55. The Bertz CT molecular complexity index is 439.